The van der Waals surface area contributed by atoms with Crippen molar-refractivity contribution in [2.24, 2.45) is 0 Å². The first-order valence-corrected chi connectivity index (χ1v) is 11.7. The normalized spacial score (nSPS) is 19.8. The molecule has 2 atom stereocenters. The average Bonchev–Trinajstić information content (AvgIpc) is 3.40. The largest absolute Gasteiger partial charge is 0.467 e. The molecule has 0 aliphatic carbocycles. The van der Waals surface area contributed by atoms with Crippen LogP contribution in [0.15, 0.2) is 24.3 Å². The van der Waals surface area contributed by atoms with Crippen LogP contribution in [0.1, 0.15) is 50.0 Å². The Morgan fingerprint density at radius 3 is 2.53 bits per heavy atom. The first-order chi connectivity index (χ1) is 14.5. The molecule has 7 nitrogen and oxygen atoms in total. The number of carbonyl (C=O) groups excluding carboxylic acids is 3. The van der Waals surface area contributed by atoms with Gasteiger partial charge in [0.15, 0.2) is 0 Å². The fourth-order valence-corrected chi connectivity index (χ4v) is 5.28. The second-order valence-electron chi connectivity index (χ2n) is 7.81. The molecular weight excluding hydrogens is 402 g/mol. The molecule has 2 fully saturated rings. The lowest BCUT2D eigenvalue weighted by Gasteiger charge is -2.25. The van der Waals surface area contributed by atoms with Crippen LogP contribution in [0.5, 0.6) is 0 Å². The Hall–Kier alpha value is -2.22. The number of methoxy groups -OCH3 is 1. The lowest BCUT2D eigenvalue weighted by atomic mass is 10.1. The Morgan fingerprint density at radius 1 is 1.20 bits per heavy atom. The third-order valence-electron chi connectivity index (χ3n) is 5.62. The van der Waals surface area contributed by atoms with Crippen molar-refractivity contribution < 1.29 is 19.1 Å². The highest BCUT2D eigenvalue weighted by Crippen LogP contribution is 2.39. The van der Waals surface area contributed by atoms with E-state index >= 15 is 0 Å². The second-order valence-corrected chi connectivity index (χ2v) is 8.88. The topological polar surface area (TPSA) is 79.0 Å². The van der Waals surface area contributed by atoms with Gasteiger partial charge in [0, 0.05) is 32.2 Å². The maximum Gasteiger partial charge on any atom is 0.328 e. The number of nitrogens with one attached hydrogen (secondary N) is 1. The molecule has 2 unspecified atom stereocenters. The van der Waals surface area contributed by atoms with Gasteiger partial charge in [0.25, 0.3) is 0 Å². The summed E-state index contributed by atoms with van der Waals surface area (Å²) in [5.41, 5.74) is 2.41. The Labute approximate surface area is 182 Å². The lowest BCUT2D eigenvalue weighted by Crippen LogP contribution is -2.40. The highest BCUT2D eigenvalue weighted by atomic mass is 32.2. The summed E-state index contributed by atoms with van der Waals surface area (Å²) in [7, 11) is 1.32. The summed E-state index contributed by atoms with van der Waals surface area (Å²) < 4.78 is 4.76. The smallest absolute Gasteiger partial charge is 0.328 e. The number of ether oxygens (including phenoxy) is 1. The van der Waals surface area contributed by atoms with E-state index in [0.29, 0.717) is 18.7 Å². The van der Waals surface area contributed by atoms with Crippen LogP contribution in [0.2, 0.25) is 0 Å². The number of unbranched alkanes of at least 4 members (excludes halogenated alkanes) is 1. The van der Waals surface area contributed by atoms with Crippen molar-refractivity contribution >= 4 is 35.2 Å². The van der Waals surface area contributed by atoms with Crippen molar-refractivity contribution in [3.05, 3.63) is 29.8 Å². The molecule has 2 amide bonds. The van der Waals surface area contributed by atoms with Gasteiger partial charge in [0.1, 0.15) is 11.4 Å². The van der Waals surface area contributed by atoms with Gasteiger partial charge in [-0.2, -0.15) is 0 Å². The summed E-state index contributed by atoms with van der Waals surface area (Å²) in [6, 6.07) is 7.97. The van der Waals surface area contributed by atoms with Crippen LogP contribution in [-0.4, -0.2) is 61.2 Å². The molecule has 1 aromatic rings. The monoisotopic (exact) mass is 433 g/mol. The summed E-state index contributed by atoms with van der Waals surface area (Å²) in [4.78, 5) is 39.9. The van der Waals surface area contributed by atoms with Crippen LogP contribution in [0.3, 0.4) is 0 Å². The van der Waals surface area contributed by atoms with Crippen molar-refractivity contribution in [2.75, 3.05) is 37.4 Å². The molecular formula is C22H31N3O4S. The molecule has 2 aliphatic heterocycles. The van der Waals surface area contributed by atoms with Gasteiger partial charge in [-0.15, -0.1) is 11.8 Å². The van der Waals surface area contributed by atoms with Gasteiger partial charge in [-0.25, -0.2) is 4.79 Å². The van der Waals surface area contributed by atoms with E-state index in [1.54, 1.807) is 11.8 Å². The minimum Gasteiger partial charge on any atom is -0.467 e. The first-order valence-electron chi connectivity index (χ1n) is 10.6. The number of benzene rings is 1. The Kier molecular flexibility index (Phi) is 8.01. The Bertz CT molecular complexity index is 749. The molecule has 3 rings (SSSR count). The van der Waals surface area contributed by atoms with Crippen LogP contribution in [0.25, 0.3) is 0 Å². The van der Waals surface area contributed by atoms with E-state index in [9.17, 15) is 14.4 Å². The summed E-state index contributed by atoms with van der Waals surface area (Å²) in [5.74, 6) is -0.0437. The summed E-state index contributed by atoms with van der Waals surface area (Å²) in [6.07, 6.45) is 4.48. The number of esters is 1. The van der Waals surface area contributed by atoms with Gasteiger partial charge >= 0.3 is 5.97 Å². The zero-order chi connectivity index (χ0) is 21.5. The van der Waals surface area contributed by atoms with Crippen molar-refractivity contribution in [2.45, 2.75) is 50.4 Å². The second kappa shape index (κ2) is 10.7. The maximum absolute atomic E-state index is 12.4. The first kappa shape index (κ1) is 22.5. The van der Waals surface area contributed by atoms with Gasteiger partial charge in [-0.3, -0.25) is 9.59 Å². The number of rotatable bonds is 9. The predicted octanol–water partition coefficient (Wildman–Crippen LogP) is 2.71. The van der Waals surface area contributed by atoms with Crippen molar-refractivity contribution in [1.29, 1.82) is 0 Å². The fourth-order valence-electron chi connectivity index (χ4n) is 4.06. The van der Waals surface area contributed by atoms with Gasteiger partial charge in [-0.1, -0.05) is 12.1 Å². The molecule has 164 valence electrons. The van der Waals surface area contributed by atoms with Gasteiger partial charge in [-0.05, 0) is 49.8 Å². The van der Waals surface area contributed by atoms with Gasteiger partial charge in [0.05, 0.1) is 12.9 Å². The molecule has 1 N–H and O–H groups in total. The molecule has 2 saturated heterocycles. The fraction of sp³-hybridized carbons (Fsp3) is 0.591. The van der Waals surface area contributed by atoms with Crippen LogP contribution in [-0.2, 0) is 19.1 Å². The molecule has 2 aliphatic rings. The predicted molar refractivity (Wildman–Crippen MR) is 118 cm³/mol. The molecule has 0 bridgehead atoms. The summed E-state index contributed by atoms with van der Waals surface area (Å²) in [5, 5.41) is 2.67. The van der Waals surface area contributed by atoms with E-state index in [-0.39, 0.29) is 17.2 Å². The number of hydrogen-bond acceptors (Lipinski definition) is 6. The standard InChI is InChI=1S/C22H31N3O4S/c1-16(26)23-19(22(28)29-2)7-3-4-14-25-20(27)15-30-21(25)17-8-10-18(11-9-17)24-12-5-6-13-24/h8-11,19,21H,3-7,12-15H2,1-2H3,(H,23,26). The van der Waals surface area contributed by atoms with Crippen molar-refractivity contribution in [1.82, 2.24) is 10.2 Å². The zero-order valence-electron chi connectivity index (χ0n) is 17.8. The number of hydrogen-bond donors (Lipinski definition) is 1. The number of anilines is 1. The van der Waals surface area contributed by atoms with Crippen LogP contribution >= 0.6 is 11.8 Å². The van der Waals surface area contributed by atoms with Gasteiger partial charge < -0.3 is 19.9 Å². The molecule has 0 saturated carbocycles. The SMILES string of the molecule is COC(=O)C(CCCCN1C(=O)CSC1c1ccc(N2CCCC2)cc1)NC(C)=O. The van der Waals surface area contributed by atoms with E-state index in [0.717, 1.165) is 31.5 Å². The number of carbonyl (C=O) groups is 3. The van der Waals surface area contributed by atoms with E-state index in [1.807, 2.05) is 4.90 Å². The lowest BCUT2D eigenvalue weighted by molar-refractivity contribution is -0.145. The number of amides is 2. The molecule has 8 heteroatoms. The molecule has 0 spiro atoms. The number of thioether (sulfide) groups is 1. The third-order valence-corrected chi connectivity index (χ3v) is 6.88. The van der Waals surface area contributed by atoms with E-state index in [1.165, 1.54) is 32.6 Å². The molecule has 0 aromatic heterocycles. The van der Waals surface area contributed by atoms with Crippen LogP contribution in [0.4, 0.5) is 5.69 Å². The Morgan fingerprint density at radius 2 is 1.90 bits per heavy atom. The van der Waals surface area contributed by atoms with Crippen molar-refractivity contribution in [3.8, 4) is 0 Å². The van der Waals surface area contributed by atoms with E-state index in [4.69, 9.17) is 4.74 Å². The van der Waals surface area contributed by atoms with E-state index < -0.39 is 12.0 Å². The quantitative estimate of drug-likeness (QED) is 0.477. The third kappa shape index (κ3) is 5.68. The van der Waals surface area contributed by atoms with Gasteiger partial charge in [0.2, 0.25) is 11.8 Å². The highest BCUT2D eigenvalue weighted by molar-refractivity contribution is 8.00. The van der Waals surface area contributed by atoms with Crippen molar-refractivity contribution in [3.63, 3.8) is 0 Å². The molecule has 0 radical (unpaired) electrons. The van der Waals surface area contributed by atoms with E-state index in [2.05, 4.69) is 34.5 Å². The minimum absolute atomic E-state index is 0.0388. The molecule has 1 aromatic carbocycles. The Balaban J connectivity index is 1.53. The summed E-state index contributed by atoms with van der Waals surface area (Å²) in [6.45, 7) is 4.26. The zero-order valence-corrected chi connectivity index (χ0v) is 18.6. The highest BCUT2D eigenvalue weighted by Gasteiger charge is 2.32. The van der Waals surface area contributed by atoms with Crippen LogP contribution < -0.4 is 10.2 Å². The minimum atomic E-state index is -0.634. The van der Waals surface area contributed by atoms with Crippen LogP contribution in [0, 0.1) is 0 Å². The number of nitrogens with zero attached hydrogens (tertiary/aromatic N) is 2. The summed E-state index contributed by atoms with van der Waals surface area (Å²) >= 11 is 1.66. The molecule has 2 heterocycles. The average molecular weight is 434 g/mol. The molecule has 30 heavy (non-hydrogen) atoms. The maximum atomic E-state index is 12.4.